The molecule has 0 fully saturated rings. The molecule has 1 aliphatic rings. The van der Waals surface area contributed by atoms with Gasteiger partial charge >= 0.3 is 0 Å². The zero-order valence-electron chi connectivity index (χ0n) is 12.6. The van der Waals surface area contributed by atoms with Crippen LogP contribution in [0, 0.1) is 5.82 Å². The van der Waals surface area contributed by atoms with Gasteiger partial charge in [-0.1, -0.05) is 6.07 Å². The maximum atomic E-state index is 13.3. The molecule has 2 atom stereocenters. The van der Waals surface area contributed by atoms with Gasteiger partial charge in [0.2, 0.25) is 11.8 Å². The molecule has 1 aromatic carbocycles. The van der Waals surface area contributed by atoms with E-state index in [1.54, 1.807) is 16.9 Å². The highest BCUT2D eigenvalue weighted by Crippen LogP contribution is 2.32. The summed E-state index contributed by atoms with van der Waals surface area (Å²) in [7, 11) is 0. The number of hydrogen-bond acceptors (Lipinski definition) is 3. The number of halogens is 1. The van der Waals surface area contributed by atoms with E-state index in [4.69, 9.17) is 0 Å². The van der Waals surface area contributed by atoms with Crippen LogP contribution in [0.5, 0.6) is 0 Å². The molecule has 1 aromatic heterocycles. The normalized spacial score (nSPS) is 18.0. The number of carbonyl (C=O) groups excluding carboxylic acids is 2. The first kappa shape index (κ1) is 15.2. The summed E-state index contributed by atoms with van der Waals surface area (Å²) in [6.45, 7) is 2.40. The molecule has 120 valence electrons. The third kappa shape index (κ3) is 3.39. The highest BCUT2D eigenvalue weighted by molar-refractivity contribution is 6.01. The van der Waals surface area contributed by atoms with Gasteiger partial charge in [0.1, 0.15) is 5.82 Å². The molecule has 3 rings (SSSR count). The number of aromatic nitrogens is 2. The molecule has 0 radical (unpaired) electrons. The molecule has 2 amide bonds. The molecule has 7 heteroatoms. The summed E-state index contributed by atoms with van der Waals surface area (Å²) in [4.78, 5) is 24.3. The Morgan fingerprint density at radius 1 is 1.57 bits per heavy atom. The zero-order valence-corrected chi connectivity index (χ0v) is 12.6. The Hall–Kier alpha value is -2.70. The second-order valence-electron chi connectivity index (χ2n) is 5.67. The lowest BCUT2D eigenvalue weighted by Gasteiger charge is -2.26. The van der Waals surface area contributed by atoms with Crippen LogP contribution < -0.4 is 10.6 Å². The van der Waals surface area contributed by atoms with Crippen LogP contribution in [0.3, 0.4) is 0 Å². The van der Waals surface area contributed by atoms with Gasteiger partial charge in [-0.15, -0.1) is 0 Å². The first-order valence-corrected chi connectivity index (χ1v) is 7.40. The van der Waals surface area contributed by atoms with Crippen LogP contribution in [0.15, 0.2) is 36.7 Å². The third-order valence-electron chi connectivity index (χ3n) is 3.78. The number of nitrogens with zero attached hydrogens (tertiary/aromatic N) is 2. The molecule has 0 saturated heterocycles. The lowest BCUT2D eigenvalue weighted by Crippen LogP contribution is -2.41. The molecule has 0 bridgehead atoms. The van der Waals surface area contributed by atoms with E-state index in [0.717, 1.165) is 0 Å². The number of nitrogens with one attached hydrogen (secondary N) is 2. The van der Waals surface area contributed by atoms with Crippen molar-refractivity contribution < 1.29 is 14.0 Å². The molecule has 2 heterocycles. The Morgan fingerprint density at radius 2 is 2.39 bits per heavy atom. The number of fused-ring (bicyclic) bond motifs is 1. The van der Waals surface area contributed by atoms with Crippen molar-refractivity contribution in [2.75, 3.05) is 5.32 Å². The van der Waals surface area contributed by atoms with Crippen LogP contribution in [0.2, 0.25) is 0 Å². The first-order valence-electron chi connectivity index (χ1n) is 7.40. The van der Waals surface area contributed by atoms with Crippen LogP contribution in [0.1, 0.15) is 24.8 Å². The largest absolute Gasteiger partial charge is 0.351 e. The minimum Gasteiger partial charge on any atom is -0.351 e. The van der Waals surface area contributed by atoms with Gasteiger partial charge in [0.05, 0.1) is 12.5 Å². The predicted molar refractivity (Wildman–Crippen MR) is 82.2 cm³/mol. The van der Waals surface area contributed by atoms with Crippen LogP contribution in [-0.2, 0) is 16.1 Å². The van der Waals surface area contributed by atoms with Gasteiger partial charge < -0.3 is 10.6 Å². The summed E-state index contributed by atoms with van der Waals surface area (Å²) in [5.74, 6) is -1.59. The van der Waals surface area contributed by atoms with Crippen LogP contribution in [0.25, 0.3) is 0 Å². The van der Waals surface area contributed by atoms with E-state index < -0.39 is 11.7 Å². The van der Waals surface area contributed by atoms with Crippen molar-refractivity contribution in [1.29, 1.82) is 0 Å². The van der Waals surface area contributed by atoms with Crippen LogP contribution >= 0.6 is 0 Å². The van der Waals surface area contributed by atoms with E-state index in [0.29, 0.717) is 17.8 Å². The summed E-state index contributed by atoms with van der Waals surface area (Å²) in [5.41, 5.74) is 0.996. The fourth-order valence-corrected chi connectivity index (χ4v) is 2.75. The summed E-state index contributed by atoms with van der Waals surface area (Å²) in [5, 5.41) is 9.59. The van der Waals surface area contributed by atoms with Crippen molar-refractivity contribution in [2.45, 2.75) is 31.8 Å². The molecule has 1 aliphatic heterocycles. The Balaban J connectivity index is 1.73. The van der Waals surface area contributed by atoms with Gasteiger partial charge in [0.25, 0.3) is 0 Å². The van der Waals surface area contributed by atoms with Crippen LogP contribution in [0.4, 0.5) is 10.1 Å². The first-order chi connectivity index (χ1) is 11.0. The summed E-state index contributed by atoms with van der Waals surface area (Å²) >= 11 is 0. The molecule has 0 aliphatic carbocycles. The zero-order chi connectivity index (χ0) is 16.4. The Labute approximate surface area is 132 Å². The van der Waals surface area contributed by atoms with Gasteiger partial charge in [0.15, 0.2) is 0 Å². The second kappa shape index (κ2) is 6.20. The molecule has 0 saturated carbocycles. The van der Waals surface area contributed by atoms with E-state index in [2.05, 4.69) is 15.7 Å². The van der Waals surface area contributed by atoms with Gasteiger partial charge in [0, 0.05) is 30.5 Å². The van der Waals surface area contributed by atoms with E-state index in [1.165, 1.54) is 12.1 Å². The topological polar surface area (TPSA) is 76.0 Å². The van der Waals surface area contributed by atoms with E-state index >= 15 is 0 Å². The highest BCUT2D eigenvalue weighted by atomic mass is 19.1. The van der Waals surface area contributed by atoms with Gasteiger partial charge in [-0.05, 0) is 30.7 Å². The molecule has 2 aromatic rings. The number of anilines is 1. The minimum atomic E-state index is -0.612. The summed E-state index contributed by atoms with van der Waals surface area (Å²) < 4.78 is 15.0. The minimum absolute atomic E-state index is 0.0545. The third-order valence-corrected chi connectivity index (χ3v) is 3.78. The number of carbonyl (C=O) groups is 2. The fraction of sp³-hybridized carbons (Fsp3) is 0.312. The summed E-state index contributed by atoms with van der Waals surface area (Å²) in [6, 6.07) is 5.75. The predicted octanol–water partition coefficient (Wildman–Crippen LogP) is 1.65. The quantitative estimate of drug-likeness (QED) is 0.900. The average molecular weight is 316 g/mol. The molecule has 0 spiro atoms. The van der Waals surface area contributed by atoms with E-state index in [9.17, 15) is 14.0 Å². The van der Waals surface area contributed by atoms with Crippen molar-refractivity contribution in [3.05, 3.63) is 48.0 Å². The Bertz CT molecular complexity index is 730. The monoisotopic (exact) mass is 316 g/mol. The molecule has 23 heavy (non-hydrogen) atoms. The number of benzene rings is 1. The number of hydrogen-bond donors (Lipinski definition) is 2. The van der Waals surface area contributed by atoms with Crippen molar-refractivity contribution in [1.82, 2.24) is 15.1 Å². The van der Waals surface area contributed by atoms with E-state index in [-0.39, 0.29) is 24.3 Å². The van der Waals surface area contributed by atoms with Crippen molar-refractivity contribution in [3.63, 3.8) is 0 Å². The van der Waals surface area contributed by atoms with Gasteiger partial charge in [-0.25, -0.2) is 4.39 Å². The van der Waals surface area contributed by atoms with Crippen molar-refractivity contribution >= 4 is 17.5 Å². The lowest BCUT2D eigenvalue weighted by atomic mass is 9.89. The Kier molecular flexibility index (Phi) is 4.10. The van der Waals surface area contributed by atoms with E-state index in [1.807, 2.05) is 19.2 Å². The molecule has 0 unspecified atom stereocenters. The molecular weight excluding hydrogens is 299 g/mol. The lowest BCUT2D eigenvalue weighted by molar-refractivity contribution is -0.126. The Morgan fingerprint density at radius 3 is 3.13 bits per heavy atom. The molecular formula is C16H17FN4O2. The van der Waals surface area contributed by atoms with Crippen LogP contribution in [-0.4, -0.2) is 27.6 Å². The maximum absolute atomic E-state index is 13.3. The second-order valence-corrected chi connectivity index (χ2v) is 5.67. The number of rotatable bonds is 4. The van der Waals surface area contributed by atoms with Gasteiger partial charge in [-0.3, -0.25) is 14.3 Å². The van der Waals surface area contributed by atoms with Crippen molar-refractivity contribution in [2.24, 2.45) is 0 Å². The van der Waals surface area contributed by atoms with Gasteiger partial charge in [-0.2, -0.15) is 5.10 Å². The SMILES string of the molecule is C[C@H](Cn1cccn1)NC(=O)[C@H]1CC(=O)Nc2cc(F)ccc21. The molecule has 2 N–H and O–H groups in total. The van der Waals surface area contributed by atoms with Crippen molar-refractivity contribution in [3.8, 4) is 0 Å². The number of amides is 2. The highest BCUT2D eigenvalue weighted by Gasteiger charge is 2.31. The standard InChI is InChI=1S/C16H17FN4O2/c1-10(9-21-6-2-5-18-21)19-16(23)13-8-15(22)20-14-7-11(17)3-4-12(13)14/h2-7,10,13H,8-9H2,1H3,(H,19,23)(H,20,22)/t10-,13+/m1/s1. The fourth-order valence-electron chi connectivity index (χ4n) is 2.75. The average Bonchev–Trinajstić information content (AvgIpc) is 2.98. The maximum Gasteiger partial charge on any atom is 0.228 e. The summed E-state index contributed by atoms with van der Waals surface area (Å²) in [6.07, 6.45) is 3.54. The smallest absolute Gasteiger partial charge is 0.228 e. The molecule has 6 nitrogen and oxygen atoms in total.